The quantitative estimate of drug-likeness (QED) is 0.645. The van der Waals surface area contributed by atoms with Gasteiger partial charge in [0.15, 0.2) is 0 Å². The predicted octanol–water partition coefficient (Wildman–Crippen LogP) is 4.72. The Morgan fingerprint density at radius 3 is 2.47 bits per heavy atom. The average molecular weight is 222 g/mol. The maximum atomic E-state index is 3.22. The molecule has 1 atom stereocenters. The lowest BCUT2D eigenvalue weighted by atomic mass is 9.90. The maximum Gasteiger partial charge on any atom is 0.0326 e. The lowest BCUT2D eigenvalue weighted by Gasteiger charge is -2.13. The van der Waals surface area contributed by atoms with Gasteiger partial charge in [-0.3, -0.25) is 0 Å². The third-order valence-corrected chi connectivity index (χ3v) is 3.34. The summed E-state index contributed by atoms with van der Waals surface area (Å²) in [4.78, 5) is 0. The third kappa shape index (κ3) is 2.19. The number of benzene rings is 2. The molecule has 0 fully saturated rings. The number of fused-ring (bicyclic) bond motifs is 1. The summed E-state index contributed by atoms with van der Waals surface area (Å²) in [7, 11) is 0. The summed E-state index contributed by atoms with van der Waals surface area (Å²) in [6, 6.07) is 12.9. The zero-order valence-electron chi connectivity index (χ0n) is 10.7. The van der Waals surface area contributed by atoms with Crippen LogP contribution in [0.5, 0.6) is 0 Å². The van der Waals surface area contributed by atoms with Gasteiger partial charge in [0.2, 0.25) is 0 Å². The molecule has 0 saturated carbocycles. The molecule has 0 heteroatoms. The normalized spacial score (nSPS) is 11.9. The molecule has 0 aliphatic carbocycles. The van der Waals surface area contributed by atoms with Gasteiger partial charge >= 0.3 is 0 Å². The maximum absolute atomic E-state index is 3.22. The van der Waals surface area contributed by atoms with Crippen LogP contribution in [-0.2, 0) is 0 Å². The van der Waals surface area contributed by atoms with Crippen molar-refractivity contribution in [1.82, 2.24) is 0 Å². The molecular weight excluding hydrogens is 204 g/mol. The first-order chi connectivity index (χ1) is 8.27. The second-order valence-electron chi connectivity index (χ2n) is 4.44. The Morgan fingerprint density at radius 2 is 1.82 bits per heavy atom. The number of hydrogen-bond donors (Lipinski definition) is 0. The molecule has 1 unspecified atom stereocenters. The van der Waals surface area contributed by atoms with Crippen LogP contribution >= 0.6 is 0 Å². The summed E-state index contributed by atoms with van der Waals surface area (Å²) in [5, 5.41) is 2.63. The zero-order chi connectivity index (χ0) is 12.3. The summed E-state index contributed by atoms with van der Waals surface area (Å²) in [5.74, 6) is 6.81. The van der Waals surface area contributed by atoms with Crippen molar-refractivity contribution >= 4 is 10.8 Å². The molecule has 17 heavy (non-hydrogen) atoms. The standard InChI is InChI=1S/C17H18/c1-4-8-14-9-6-10-15-11-7-12-16(17(14)15)13(3)5-2/h6-7,9-13H,5H2,1-3H3. The Kier molecular flexibility index (Phi) is 3.49. The van der Waals surface area contributed by atoms with Gasteiger partial charge in [0.1, 0.15) is 0 Å². The van der Waals surface area contributed by atoms with Crippen LogP contribution in [0.15, 0.2) is 36.4 Å². The molecule has 0 spiro atoms. The van der Waals surface area contributed by atoms with E-state index in [-0.39, 0.29) is 0 Å². The smallest absolute Gasteiger partial charge is 0.0326 e. The Morgan fingerprint density at radius 1 is 1.12 bits per heavy atom. The Balaban J connectivity index is 2.78. The second kappa shape index (κ2) is 5.06. The van der Waals surface area contributed by atoms with Gasteiger partial charge in [-0.1, -0.05) is 50.1 Å². The van der Waals surface area contributed by atoms with Crippen LogP contribution in [0.1, 0.15) is 44.2 Å². The SMILES string of the molecule is CC#Cc1cccc2cccc(C(C)CC)c12. The molecule has 0 bridgehead atoms. The molecule has 0 heterocycles. The summed E-state index contributed by atoms with van der Waals surface area (Å²) in [6.45, 7) is 6.41. The van der Waals surface area contributed by atoms with Crippen LogP contribution in [0.2, 0.25) is 0 Å². The monoisotopic (exact) mass is 222 g/mol. The van der Waals surface area contributed by atoms with Gasteiger partial charge in [-0.25, -0.2) is 0 Å². The molecule has 2 aromatic rings. The fourth-order valence-corrected chi connectivity index (χ4v) is 2.24. The predicted molar refractivity (Wildman–Crippen MR) is 75.2 cm³/mol. The molecule has 0 nitrogen and oxygen atoms in total. The van der Waals surface area contributed by atoms with Gasteiger partial charge in [0.05, 0.1) is 0 Å². The van der Waals surface area contributed by atoms with Crippen molar-refractivity contribution in [3.8, 4) is 11.8 Å². The minimum atomic E-state index is 0.582. The van der Waals surface area contributed by atoms with Gasteiger partial charge in [0, 0.05) is 10.9 Å². The van der Waals surface area contributed by atoms with Gasteiger partial charge < -0.3 is 0 Å². The van der Waals surface area contributed by atoms with Crippen LogP contribution in [0.25, 0.3) is 10.8 Å². The van der Waals surface area contributed by atoms with Gasteiger partial charge in [0.25, 0.3) is 0 Å². The van der Waals surface area contributed by atoms with Crippen LogP contribution in [0.4, 0.5) is 0 Å². The van der Waals surface area contributed by atoms with E-state index in [2.05, 4.69) is 62.1 Å². The minimum absolute atomic E-state index is 0.582. The minimum Gasteiger partial charge on any atom is -0.101 e. The summed E-state index contributed by atoms with van der Waals surface area (Å²) in [5.41, 5.74) is 2.57. The molecule has 2 rings (SSSR count). The van der Waals surface area contributed by atoms with Crippen molar-refractivity contribution in [1.29, 1.82) is 0 Å². The topological polar surface area (TPSA) is 0 Å². The zero-order valence-corrected chi connectivity index (χ0v) is 10.7. The van der Waals surface area contributed by atoms with E-state index in [1.165, 1.54) is 16.3 Å². The van der Waals surface area contributed by atoms with Crippen molar-refractivity contribution in [2.45, 2.75) is 33.1 Å². The molecule has 0 aromatic heterocycles. The Labute approximate surface area is 104 Å². The molecule has 0 aliphatic rings. The van der Waals surface area contributed by atoms with E-state index in [1.54, 1.807) is 0 Å². The highest BCUT2D eigenvalue weighted by Gasteiger charge is 2.09. The van der Waals surface area contributed by atoms with Crippen molar-refractivity contribution in [2.24, 2.45) is 0 Å². The van der Waals surface area contributed by atoms with E-state index in [0.29, 0.717) is 5.92 Å². The highest BCUT2D eigenvalue weighted by Crippen LogP contribution is 2.29. The summed E-state index contributed by atoms with van der Waals surface area (Å²) < 4.78 is 0. The Bertz CT molecular complexity index is 576. The van der Waals surface area contributed by atoms with Crippen LogP contribution in [-0.4, -0.2) is 0 Å². The van der Waals surface area contributed by atoms with Crippen LogP contribution < -0.4 is 0 Å². The molecule has 0 radical (unpaired) electrons. The van der Waals surface area contributed by atoms with Crippen LogP contribution in [0, 0.1) is 11.8 Å². The van der Waals surface area contributed by atoms with Gasteiger partial charge in [-0.15, -0.1) is 5.92 Å². The van der Waals surface area contributed by atoms with Crippen molar-refractivity contribution in [3.63, 3.8) is 0 Å². The van der Waals surface area contributed by atoms with E-state index < -0.39 is 0 Å². The second-order valence-corrected chi connectivity index (χ2v) is 4.44. The van der Waals surface area contributed by atoms with Crippen molar-refractivity contribution < 1.29 is 0 Å². The molecule has 86 valence electrons. The van der Waals surface area contributed by atoms with E-state index in [1.807, 2.05) is 6.92 Å². The first-order valence-corrected chi connectivity index (χ1v) is 6.22. The van der Waals surface area contributed by atoms with Gasteiger partial charge in [-0.05, 0) is 36.3 Å². The van der Waals surface area contributed by atoms with Gasteiger partial charge in [-0.2, -0.15) is 0 Å². The van der Waals surface area contributed by atoms with Crippen molar-refractivity contribution in [3.05, 3.63) is 47.5 Å². The highest BCUT2D eigenvalue weighted by atomic mass is 14.1. The average Bonchev–Trinajstić information content (AvgIpc) is 2.38. The summed E-state index contributed by atoms with van der Waals surface area (Å²) in [6.07, 6.45) is 1.16. The molecule has 0 amide bonds. The lowest BCUT2D eigenvalue weighted by Crippen LogP contribution is -1.94. The van der Waals surface area contributed by atoms with Crippen molar-refractivity contribution in [2.75, 3.05) is 0 Å². The first-order valence-electron chi connectivity index (χ1n) is 6.22. The fraction of sp³-hybridized carbons (Fsp3) is 0.294. The lowest BCUT2D eigenvalue weighted by molar-refractivity contribution is 0.739. The number of hydrogen-bond acceptors (Lipinski definition) is 0. The largest absolute Gasteiger partial charge is 0.101 e. The molecule has 0 aliphatic heterocycles. The highest BCUT2D eigenvalue weighted by molar-refractivity contribution is 5.91. The third-order valence-electron chi connectivity index (χ3n) is 3.34. The molecule has 0 N–H and O–H groups in total. The first kappa shape index (κ1) is 11.7. The van der Waals surface area contributed by atoms with E-state index in [9.17, 15) is 0 Å². The molecule has 0 saturated heterocycles. The van der Waals surface area contributed by atoms with E-state index in [4.69, 9.17) is 0 Å². The Hall–Kier alpha value is -1.74. The van der Waals surface area contributed by atoms with Crippen LogP contribution in [0.3, 0.4) is 0 Å². The fourth-order valence-electron chi connectivity index (χ4n) is 2.24. The molecule has 2 aromatic carbocycles. The molecular formula is C17H18. The number of rotatable bonds is 2. The van der Waals surface area contributed by atoms with E-state index >= 15 is 0 Å². The van der Waals surface area contributed by atoms with E-state index in [0.717, 1.165) is 12.0 Å². The summed E-state index contributed by atoms with van der Waals surface area (Å²) >= 11 is 0.